The van der Waals surface area contributed by atoms with E-state index in [4.69, 9.17) is 0 Å². The molecule has 8 heteroatoms. The molecule has 40 heavy (non-hydrogen) atoms. The predicted molar refractivity (Wildman–Crippen MR) is 168 cm³/mol. The number of aromatic nitrogens is 2. The van der Waals surface area contributed by atoms with Crippen LogP contribution in [0, 0.1) is 0 Å². The molecular weight excluding hydrogens is 512 g/mol. The summed E-state index contributed by atoms with van der Waals surface area (Å²) < 4.78 is 0. The lowest BCUT2D eigenvalue weighted by Crippen LogP contribution is -2.46. The third-order valence-electron chi connectivity index (χ3n) is 8.12. The van der Waals surface area contributed by atoms with Crippen LogP contribution in [-0.2, 0) is 24.4 Å². The topological polar surface area (TPSA) is 93.9 Å². The smallest absolute Gasteiger partial charge is 0.233 e. The van der Waals surface area contributed by atoms with Gasteiger partial charge in [0.25, 0.3) is 0 Å². The van der Waals surface area contributed by atoms with Crippen molar-refractivity contribution in [1.29, 1.82) is 0 Å². The number of hydrogen-bond acceptors (Lipinski definition) is 5. The Morgan fingerprint density at radius 1 is 0.925 bits per heavy atom. The summed E-state index contributed by atoms with van der Waals surface area (Å²) in [6.45, 7) is 6.19. The molecule has 7 nitrogen and oxygen atoms in total. The van der Waals surface area contributed by atoms with Crippen molar-refractivity contribution in [3.05, 3.63) is 77.6 Å². The fourth-order valence-electron chi connectivity index (χ4n) is 5.82. The van der Waals surface area contributed by atoms with E-state index in [1.165, 1.54) is 48.4 Å². The average Bonchev–Trinajstić information content (AvgIpc) is 3.42. The van der Waals surface area contributed by atoms with Gasteiger partial charge in [-0.1, -0.05) is 74.3 Å². The van der Waals surface area contributed by atoms with Gasteiger partial charge in [0.2, 0.25) is 5.91 Å². The molecule has 1 fully saturated rings. The Bertz CT molecular complexity index is 1350. The Morgan fingerprint density at radius 3 is 2.40 bits per heavy atom. The van der Waals surface area contributed by atoms with Crippen LogP contribution in [0.2, 0.25) is 6.55 Å². The van der Waals surface area contributed by atoms with Gasteiger partial charge in [-0.2, -0.15) is 0 Å². The molecule has 1 heterocycles. The van der Waals surface area contributed by atoms with Crippen LogP contribution in [-0.4, -0.2) is 50.2 Å². The largest absolute Gasteiger partial charge is 0.351 e. The molecule has 5 rings (SSSR count). The summed E-state index contributed by atoms with van der Waals surface area (Å²) in [5.74, 6) is 0.930. The van der Waals surface area contributed by atoms with Crippen LogP contribution in [0.5, 0.6) is 0 Å². The van der Waals surface area contributed by atoms with Crippen molar-refractivity contribution in [1.82, 2.24) is 31.2 Å². The van der Waals surface area contributed by atoms with E-state index >= 15 is 0 Å². The van der Waals surface area contributed by atoms with Crippen molar-refractivity contribution in [2.24, 2.45) is 0 Å². The molecule has 0 unspecified atom stereocenters. The first-order chi connectivity index (χ1) is 19.7. The number of nitrogens with one attached hydrogen (secondary N) is 5. The number of fused-ring (bicyclic) bond motifs is 2. The lowest BCUT2D eigenvalue weighted by molar-refractivity contribution is -0.121. The van der Waals surface area contributed by atoms with E-state index in [1.54, 1.807) is 0 Å². The van der Waals surface area contributed by atoms with Crippen molar-refractivity contribution in [2.75, 3.05) is 13.1 Å². The van der Waals surface area contributed by atoms with Crippen molar-refractivity contribution in [3.8, 4) is 0 Å². The maximum atomic E-state index is 13.1. The number of rotatable bonds is 14. The van der Waals surface area contributed by atoms with Gasteiger partial charge in [-0.3, -0.25) is 4.79 Å². The van der Waals surface area contributed by atoms with Gasteiger partial charge in [0.15, 0.2) is 0 Å². The van der Waals surface area contributed by atoms with Crippen molar-refractivity contribution < 1.29 is 4.79 Å². The Morgan fingerprint density at radius 2 is 1.65 bits per heavy atom. The Balaban J connectivity index is 1.11. The first kappa shape index (κ1) is 28.5. The quantitative estimate of drug-likeness (QED) is 0.119. The Labute approximate surface area is 240 Å². The maximum Gasteiger partial charge on any atom is 0.233 e. The van der Waals surface area contributed by atoms with Gasteiger partial charge in [-0.05, 0) is 66.4 Å². The van der Waals surface area contributed by atoms with Crippen LogP contribution in [0.3, 0.4) is 0 Å². The van der Waals surface area contributed by atoms with Gasteiger partial charge in [0.05, 0.1) is 23.2 Å². The second-order valence-corrected chi connectivity index (χ2v) is 12.6. The highest BCUT2D eigenvalue weighted by Crippen LogP contribution is 2.23. The molecule has 1 aromatic heterocycles. The number of para-hydroxylation sites is 2. The van der Waals surface area contributed by atoms with Crippen LogP contribution in [0.15, 0.2) is 60.7 Å². The monoisotopic (exact) mass is 556 g/mol. The number of carbonyl (C=O) groups is 1. The second-order valence-electron chi connectivity index (χ2n) is 11.0. The number of amides is 1. The van der Waals surface area contributed by atoms with E-state index in [2.05, 4.69) is 74.2 Å². The van der Waals surface area contributed by atoms with Gasteiger partial charge < -0.3 is 26.3 Å². The minimum Gasteiger partial charge on any atom is -0.351 e. The zero-order chi connectivity index (χ0) is 27.6. The average molecular weight is 557 g/mol. The fourth-order valence-corrected chi connectivity index (χ4v) is 6.77. The highest BCUT2D eigenvalue weighted by Gasteiger charge is 2.17. The molecule has 1 aliphatic carbocycles. The van der Waals surface area contributed by atoms with Crippen molar-refractivity contribution >= 4 is 37.2 Å². The van der Waals surface area contributed by atoms with Crippen molar-refractivity contribution in [2.45, 2.75) is 76.4 Å². The van der Waals surface area contributed by atoms with E-state index in [0.29, 0.717) is 13.1 Å². The third kappa shape index (κ3) is 7.57. The minimum atomic E-state index is -0.612. The number of benzene rings is 3. The number of nitrogens with zero attached hydrogens (tertiary/aromatic N) is 1. The molecule has 0 saturated heterocycles. The van der Waals surface area contributed by atoms with Crippen LogP contribution in [0.4, 0.5) is 0 Å². The lowest BCUT2D eigenvalue weighted by Gasteiger charge is -2.22. The summed E-state index contributed by atoms with van der Waals surface area (Å²) in [6.07, 6.45) is 7.98. The normalized spacial score (nSPS) is 15.3. The molecule has 5 N–H and O–H groups in total. The third-order valence-corrected chi connectivity index (χ3v) is 9.60. The Kier molecular flexibility index (Phi) is 10.4. The zero-order valence-electron chi connectivity index (χ0n) is 23.8. The number of imidazole rings is 1. The molecule has 1 atom stereocenters. The van der Waals surface area contributed by atoms with Gasteiger partial charge in [-0.15, -0.1) is 0 Å². The molecule has 212 valence electrons. The van der Waals surface area contributed by atoms with Crippen LogP contribution >= 0.6 is 0 Å². The predicted octanol–water partition coefficient (Wildman–Crippen LogP) is 4.07. The molecule has 0 aliphatic heterocycles. The molecule has 1 amide bonds. The molecular formula is C32H44N6OSi. The SMILES string of the molecule is C[SiH2][C@H](NCc1nc2ccccc2[nH]1)C(=O)NCc1ccc(CNCCCNC2CCCCC2)c2ccccc12. The number of hydrogen-bond donors (Lipinski definition) is 5. The summed E-state index contributed by atoms with van der Waals surface area (Å²) >= 11 is 0. The Hall–Kier alpha value is -3.04. The van der Waals surface area contributed by atoms with Gasteiger partial charge in [-0.25, -0.2) is 4.98 Å². The maximum absolute atomic E-state index is 13.1. The number of H-pyrrole nitrogens is 1. The van der Waals surface area contributed by atoms with Gasteiger partial charge in [0.1, 0.15) is 5.82 Å². The van der Waals surface area contributed by atoms with E-state index in [9.17, 15) is 4.79 Å². The van der Waals surface area contributed by atoms with Gasteiger partial charge >= 0.3 is 0 Å². The van der Waals surface area contributed by atoms with Gasteiger partial charge in [0, 0.05) is 28.7 Å². The summed E-state index contributed by atoms with van der Waals surface area (Å²) in [5.41, 5.74) is 4.28. The summed E-state index contributed by atoms with van der Waals surface area (Å²) in [4.78, 5) is 21.1. The second kappa shape index (κ2) is 14.5. The number of aromatic amines is 1. The van der Waals surface area contributed by atoms with E-state index in [-0.39, 0.29) is 11.6 Å². The molecule has 1 aliphatic rings. The summed E-state index contributed by atoms with van der Waals surface area (Å²) in [5, 5.41) is 16.5. The lowest BCUT2D eigenvalue weighted by atomic mass is 9.95. The standard InChI is InChI=1S/C32H44N6OSi/c1-40-32(36-22-30-37-28-14-7-8-15-29(28)38-30)31(39)35-21-24-17-16-23(26-12-5-6-13-27(24)26)20-33-18-9-19-34-25-10-3-2-4-11-25/h5-8,12-17,25,32-34,36H,2-4,9-11,18-22,40H2,1H3,(H,35,39)(H,37,38)/t32-/m0/s1. The molecule has 4 aromatic rings. The van der Waals surface area contributed by atoms with Crippen LogP contribution in [0.25, 0.3) is 21.8 Å². The first-order valence-electron chi connectivity index (χ1n) is 15.1. The first-order valence-corrected chi connectivity index (χ1v) is 17.3. The number of carbonyl (C=O) groups excluding carboxylic acids is 1. The van der Waals surface area contributed by atoms with Crippen LogP contribution in [0.1, 0.15) is 55.5 Å². The molecule has 0 radical (unpaired) electrons. The van der Waals surface area contributed by atoms with Crippen LogP contribution < -0.4 is 21.3 Å². The van der Waals surface area contributed by atoms with E-state index in [1.807, 2.05) is 24.3 Å². The fraction of sp³-hybridized carbons (Fsp3) is 0.438. The summed E-state index contributed by atoms with van der Waals surface area (Å²) in [6, 6.07) is 21.7. The molecule has 3 aromatic carbocycles. The molecule has 0 spiro atoms. The van der Waals surface area contributed by atoms with Crippen molar-refractivity contribution in [3.63, 3.8) is 0 Å². The van der Waals surface area contributed by atoms with E-state index in [0.717, 1.165) is 54.5 Å². The zero-order valence-corrected chi connectivity index (χ0v) is 25.2. The van der Waals surface area contributed by atoms with E-state index < -0.39 is 9.52 Å². The minimum absolute atomic E-state index is 0.0712. The molecule has 0 bridgehead atoms. The highest BCUT2D eigenvalue weighted by atomic mass is 28.2. The molecule has 1 saturated carbocycles. The summed E-state index contributed by atoms with van der Waals surface area (Å²) in [7, 11) is -0.612. The highest BCUT2D eigenvalue weighted by molar-refractivity contribution is 6.42.